The molecule has 184 valence electrons. The van der Waals surface area contributed by atoms with Gasteiger partial charge in [-0.1, -0.05) is 20.8 Å². The predicted octanol–water partition coefficient (Wildman–Crippen LogP) is 3.99. The van der Waals surface area contributed by atoms with E-state index >= 15 is 0 Å². The van der Waals surface area contributed by atoms with Crippen LogP contribution in [0.25, 0.3) is 0 Å². The molecule has 0 saturated carbocycles. The van der Waals surface area contributed by atoms with Crippen LogP contribution in [0.3, 0.4) is 0 Å². The van der Waals surface area contributed by atoms with Gasteiger partial charge < -0.3 is 14.7 Å². The van der Waals surface area contributed by atoms with Crippen molar-refractivity contribution >= 4 is 17.5 Å². The van der Waals surface area contributed by atoms with Gasteiger partial charge in [0.2, 0.25) is 5.91 Å². The van der Waals surface area contributed by atoms with Crippen molar-refractivity contribution in [2.45, 2.75) is 52.5 Å². The molecule has 2 heterocycles. The minimum absolute atomic E-state index is 0.0362. The van der Waals surface area contributed by atoms with Crippen LogP contribution < -0.4 is 4.90 Å². The highest BCUT2D eigenvalue weighted by molar-refractivity contribution is 5.95. The molecule has 1 aliphatic rings. The second-order valence-electron chi connectivity index (χ2n) is 9.02. The van der Waals surface area contributed by atoms with Crippen molar-refractivity contribution in [2.24, 2.45) is 0 Å². The summed E-state index contributed by atoms with van der Waals surface area (Å²) in [5, 5.41) is 0. The molecule has 1 aromatic carbocycles. The molecule has 3 rings (SSSR count). The number of halogens is 2. The zero-order chi connectivity index (χ0) is 24.8. The number of benzene rings is 1. The Bertz CT molecular complexity index is 1010. The summed E-state index contributed by atoms with van der Waals surface area (Å²) in [5.74, 6) is -1.72. The van der Waals surface area contributed by atoms with Gasteiger partial charge in [0.25, 0.3) is 5.91 Å². The summed E-state index contributed by atoms with van der Waals surface area (Å²) in [6.45, 7) is 8.01. The summed E-state index contributed by atoms with van der Waals surface area (Å²) in [6.07, 6.45) is 4.65. The quantitative estimate of drug-likeness (QED) is 0.674. The van der Waals surface area contributed by atoms with Gasteiger partial charge in [0.15, 0.2) is 11.6 Å². The summed E-state index contributed by atoms with van der Waals surface area (Å²) >= 11 is 0. The van der Waals surface area contributed by atoms with Gasteiger partial charge in [-0.25, -0.2) is 18.7 Å². The van der Waals surface area contributed by atoms with Crippen LogP contribution in [0.1, 0.15) is 67.7 Å². The molecule has 7 nitrogen and oxygen atoms in total. The van der Waals surface area contributed by atoms with Crippen molar-refractivity contribution in [2.75, 3.05) is 38.1 Å². The van der Waals surface area contributed by atoms with Crippen LogP contribution in [0.2, 0.25) is 0 Å². The Morgan fingerprint density at radius 3 is 2.24 bits per heavy atom. The van der Waals surface area contributed by atoms with Gasteiger partial charge in [-0.15, -0.1) is 0 Å². The molecule has 0 aliphatic carbocycles. The van der Waals surface area contributed by atoms with Crippen molar-refractivity contribution in [3.63, 3.8) is 0 Å². The number of fused-ring (bicyclic) bond motifs is 1. The van der Waals surface area contributed by atoms with Crippen LogP contribution in [0.5, 0.6) is 0 Å². The highest BCUT2D eigenvalue weighted by Crippen LogP contribution is 2.28. The average Bonchev–Trinajstić information content (AvgIpc) is 2.82. The first-order chi connectivity index (χ1) is 16.2. The molecule has 0 bridgehead atoms. The SMILES string of the molecule is CCC(=O)N1CCCN(C)CCCN(C(=O)c2cnc(C(C)C)nc2)Cc2cc(F)c(F)cc21. The van der Waals surface area contributed by atoms with E-state index in [0.29, 0.717) is 48.6 Å². The van der Waals surface area contributed by atoms with E-state index in [9.17, 15) is 18.4 Å². The fraction of sp³-hybridized carbons (Fsp3) is 0.520. The van der Waals surface area contributed by atoms with Crippen molar-refractivity contribution < 1.29 is 18.4 Å². The molecule has 1 aromatic heterocycles. The number of hydrogen-bond donors (Lipinski definition) is 0. The molecule has 0 saturated heterocycles. The first-order valence-corrected chi connectivity index (χ1v) is 11.8. The number of anilines is 1. The van der Waals surface area contributed by atoms with Crippen LogP contribution in [0.15, 0.2) is 24.5 Å². The lowest BCUT2D eigenvalue weighted by Crippen LogP contribution is -2.38. The lowest BCUT2D eigenvalue weighted by Gasteiger charge is -2.31. The molecular formula is C25H33F2N5O2. The number of nitrogens with zero attached hydrogens (tertiary/aromatic N) is 5. The molecule has 34 heavy (non-hydrogen) atoms. The summed E-state index contributed by atoms with van der Waals surface area (Å²) in [6, 6.07) is 2.16. The maximum Gasteiger partial charge on any atom is 0.257 e. The Balaban J connectivity index is 2.02. The zero-order valence-electron chi connectivity index (χ0n) is 20.4. The molecule has 2 amide bonds. The van der Waals surface area contributed by atoms with Crippen molar-refractivity contribution in [1.82, 2.24) is 19.8 Å². The van der Waals surface area contributed by atoms with E-state index in [4.69, 9.17) is 0 Å². The molecule has 0 atom stereocenters. The van der Waals surface area contributed by atoms with Gasteiger partial charge in [-0.2, -0.15) is 0 Å². The first kappa shape index (κ1) is 25.7. The van der Waals surface area contributed by atoms with E-state index in [1.165, 1.54) is 17.3 Å². The number of aromatic nitrogens is 2. The van der Waals surface area contributed by atoms with E-state index in [2.05, 4.69) is 14.9 Å². The maximum atomic E-state index is 14.3. The molecule has 0 N–H and O–H groups in total. The third-order valence-electron chi connectivity index (χ3n) is 5.99. The minimum Gasteiger partial charge on any atom is -0.334 e. The minimum atomic E-state index is -1.02. The first-order valence-electron chi connectivity index (χ1n) is 11.8. The summed E-state index contributed by atoms with van der Waals surface area (Å²) in [4.78, 5) is 40.0. The zero-order valence-corrected chi connectivity index (χ0v) is 20.4. The molecular weight excluding hydrogens is 440 g/mol. The van der Waals surface area contributed by atoms with Gasteiger partial charge in [0.05, 0.1) is 11.3 Å². The lowest BCUT2D eigenvalue weighted by molar-refractivity contribution is -0.118. The van der Waals surface area contributed by atoms with Crippen molar-refractivity contribution in [3.8, 4) is 0 Å². The van der Waals surface area contributed by atoms with Crippen LogP contribution in [-0.2, 0) is 11.3 Å². The monoisotopic (exact) mass is 473 g/mol. The Morgan fingerprint density at radius 2 is 1.62 bits per heavy atom. The topological polar surface area (TPSA) is 69.6 Å². The Hall–Kier alpha value is -2.94. The molecule has 1 aliphatic heterocycles. The van der Waals surface area contributed by atoms with E-state index < -0.39 is 11.6 Å². The van der Waals surface area contributed by atoms with E-state index in [1.807, 2.05) is 20.9 Å². The Kier molecular flexibility index (Phi) is 8.66. The predicted molar refractivity (Wildman–Crippen MR) is 127 cm³/mol. The van der Waals surface area contributed by atoms with Crippen LogP contribution in [-0.4, -0.2) is 64.8 Å². The summed E-state index contributed by atoms with van der Waals surface area (Å²) in [5.41, 5.74) is 1.02. The third-order valence-corrected chi connectivity index (χ3v) is 5.99. The highest BCUT2D eigenvalue weighted by atomic mass is 19.2. The average molecular weight is 474 g/mol. The second-order valence-corrected chi connectivity index (χ2v) is 9.02. The second kappa shape index (κ2) is 11.5. The fourth-order valence-corrected chi connectivity index (χ4v) is 4.06. The van der Waals surface area contributed by atoms with Crippen LogP contribution >= 0.6 is 0 Å². The van der Waals surface area contributed by atoms with E-state index in [-0.39, 0.29) is 30.7 Å². The number of rotatable bonds is 3. The van der Waals surface area contributed by atoms with E-state index in [0.717, 1.165) is 25.2 Å². The Labute approximate surface area is 199 Å². The Morgan fingerprint density at radius 1 is 1.00 bits per heavy atom. The number of amides is 2. The summed E-state index contributed by atoms with van der Waals surface area (Å²) < 4.78 is 28.6. The molecule has 0 spiro atoms. The van der Waals surface area contributed by atoms with Crippen molar-refractivity contribution in [1.29, 1.82) is 0 Å². The molecule has 0 radical (unpaired) electrons. The lowest BCUT2D eigenvalue weighted by atomic mass is 10.1. The molecule has 2 aromatic rings. The molecule has 0 fully saturated rings. The smallest absolute Gasteiger partial charge is 0.257 e. The fourth-order valence-electron chi connectivity index (χ4n) is 4.06. The maximum absolute atomic E-state index is 14.3. The van der Waals surface area contributed by atoms with Crippen LogP contribution in [0.4, 0.5) is 14.5 Å². The molecule has 0 unspecified atom stereocenters. The van der Waals surface area contributed by atoms with Gasteiger partial charge >= 0.3 is 0 Å². The van der Waals surface area contributed by atoms with Gasteiger partial charge in [-0.05, 0) is 44.6 Å². The highest BCUT2D eigenvalue weighted by Gasteiger charge is 2.25. The third kappa shape index (κ3) is 6.14. The van der Waals surface area contributed by atoms with Crippen LogP contribution in [0, 0.1) is 11.6 Å². The number of hydrogen-bond acceptors (Lipinski definition) is 5. The normalized spacial score (nSPS) is 16.1. The number of carbonyl (C=O) groups excluding carboxylic acids is 2. The van der Waals surface area contributed by atoms with Gasteiger partial charge in [0, 0.05) is 50.4 Å². The van der Waals surface area contributed by atoms with Gasteiger partial charge in [0.1, 0.15) is 5.82 Å². The standard InChI is InChI=1S/C25H33F2N5O2/c1-5-23(33)32-11-7-9-30(4)8-6-10-31(16-18-12-20(26)21(27)13-22(18)32)25(34)19-14-28-24(17(2)3)29-15-19/h12-15,17H,5-11,16H2,1-4H3. The largest absolute Gasteiger partial charge is 0.334 e. The molecule has 9 heteroatoms. The van der Waals surface area contributed by atoms with E-state index in [1.54, 1.807) is 11.8 Å². The van der Waals surface area contributed by atoms with Gasteiger partial charge in [-0.3, -0.25) is 9.59 Å². The number of carbonyl (C=O) groups is 2. The van der Waals surface area contributed by atoms with Crippen molar-refractivity contribution in [3.05, 3.63) is 53.1 Å². The summed E-state index contributed by atoms with van der Waals surface area (Å²) in [7, 11) is 1.99.